The first-order chi connectivity index (χ1) is 17.0. The third-order valence-corrected chi connectivity index (χ3v) is 7.78. The minimum atomic E-state index is -0.569. The van der Waals surface area contributed by atoms with Crippen LogP contribution in [0.25, 0.3) is 0 Å². The summed E-state index contributed by atoms with van der Waals surface area (Å²) in [4.78, 5) is 31.4. The fraction of sp³-hybridized carbons (Fsp3) is 0.333. The Hall–Kier alpha value is -2.90. The number of thiophene rings is 1. The van der Waals surface area contributed by atoms with Crippen LogP contribution in [0.3, 0.4) is 0 Å². The topological polar surface area (TPSA) is 49.9 Å². The Morgan fingerprint density at radius 1 is 1.11 bits per heavy atom. The molecule has 0 spiro atoms. The molecule has 0 bridgehead atoms. The van der Waals surface area contributed by atoms with Crippen molar-refractivity contribution >= 4 is 34.8 Å². The number of ether oxygens (including phenoxy) is 1. The second-order valence-corrected chi connectivity index (χ2v) is 10.5. The van der Waals surface area contributed by atoms with Crippen molar-refractivity contribution in [2.45, 2.75) is 25.3 Å². The normalized spacial score (nSPS) is 17.1. The van der Waals surface area contributed by atoms with E-state index in [4.69, 9.17) is 16.3 Å². The van der Waals surface area contributed by atoms with Crippen LogP contribution in [0, 0.1) is 11.7 Å². The van der Waals surface area contributed by atoms with E-state index < -0.39 is 11.7 Å². The van der Waals surface area contributed by atoms with Gasteiger partial charge in [0, 0.05) is 23.0 Å². The number of amides is 2. The van der Waals surface area contributed by atoms with Gasteiger partial charge in [-0.1, -0.05) is 23.7 Å². The second-order valence-electron chi connectivity index (χ2n) is 9.03. The number of fused-ring (bicyclic) bond motifs is 1. The van der Waals surface area contributed by atoms with Crippen molar-refractivity contribution in [3.8, 4) is 5.75 Å². The molecule has 1 aliphatic carbocycles. The van der Waals surface area contributed by atoms with E-state index in [2.05, 4.69) is 0 Å². The molecule has 2 aliphatic rings. The number of rotatable bonds is 8. The van der Waals surface area contributed by atoms with E-state index in [-0.39, 0.29) is 24.1 Å². The molecular weight excluding hydrogens is 487 g/mol. The molecule has 2 heterocycles. The van der Waals surface area contributed by atoms with Gasteiger partial charge in [-0.05, 0) is 78.6 Å². The third kappa shape index (κ3) is 5.52. The van der Waals surface area contributed by atoms with Crippen LogP contribution in [-0.2, 0) is 11.2 Å². The van der Waals surface area contributed by atoms with Crippen molar-refractivity contribution in [3.05, 3.63) is 86.8 Å². The maximum Gasteiger partial charge on any atom is 0.257 e. The third-order valence-electron chi connectivity index (χ3n) is 6.53. The maximum atomic E-state index is 14.4. The van der Waals surface area contributed by atoms with Gasteiger partial charge in [-0.2, -0.15) is 0 Å². The Balaban J connectivity index is 1.34. The summed E-state index contributed by atoms with van der Waals surface area (Å²) >= 11 is 7.67. The molecule has 3 aromatic rings. The molecule has 5 nitrogen and oxygen atoms in total. The fourth-order valence-corrected chi connectivity index (χ4v) is 5.53. The Labute approximate surface area is 213 Å². The van der Waals surface area contributed by atoms with Gasteiger partial charge >= 0.3 is 0 Å². The molecule has 0 saturated heterocycles. The SMILES string of the molecule is O=C(c1ccccc1F)N(CC(=O)N1CCc2sccc2C1COc1ccc(Cl)cc1)CC1CC1. The van der Waals surface area contributed by atoms with Crippen molar-refractivity contribution in [2.24, 2.45) is 5.92 Å². The van der Waals surface area contributed by atoms with E-state index in [1.165, 1.54) is 21.9 Å². The van der Waals surface area contributed by atoms with Crippen LogP contribution < -0.4 is 4.74 Å². The molecular formula is C27H26ClFN2O3S. The van der Waals surface area contributed by atoms with Gasteiger partial charge in [0.2, 0.25) is 5.91 Å². The molecule has 1 aliphatic heterocycles. The summed E-state index contributed by atoms with van der Waals surface area (Å²) in [7, 11) is 0. The number of halogens is 2. The highest BCUT2D eigenvalue weighted by atomic mass is 35.5. The van der Waals surface area contributed by atoms with Crippen LogP contribution in [0.1, 0.15) is 39.7 Å². The molecule has 35 heavy (non-hydrogen) atoms. The van der Waals surface area contributed by atoms with Gasteiger partial charge in [0.1, 0.15) is 24.7 Å². The van der Waals surface area contributed by atoms with Gasteiger partial charge in [-0.3, -0.25) is 9.59 Å². The van der Waals surface area contributed by atoms with Crippen LogP contribution in [0.15, 0.2) is 60.0 Å². The van der Waals surface area contributed by atoms with Gasteiger partial charge < -0.3 is 14.5 Å². The molecule has 5 rings (SSSR count). The number of benzene rings is 2. The lowest BCUT2D eigenvalue weighted by molar-refractivity contribution is -0.135. The van der Waals surface area contributed by atoms with Crippen molar-refractivity contribution in [1.82, 2.24) is 9.80 Å². The molecule has 0 radical (unpaired) electrons. The summed E-state index contributed by atoms with van der Waals surface area (Å²) in [5.74, 6) is -0.120. The first kappa shape index (κ1) is 23.8. The smallest absolute Gasteiger partial charge is 0.257 e. The van der Waals surface area contributed by atoms with Gasteiger partial charge in [-0.15, -0.1) is 11.3 Å². The number of carbonyl (C=O) groups excluding carboxylic acids is 2. The highest BCUT2D eigenvalue weighted by molar-refractivity contribution is 7.10. The number of hydrogen-bond acceptors (Lipinski definition) is 4. The Morgan fingerprint density at radius 2 is 1.89 bits per heavy atom. The molecule has 1 aromatic heterocycles. The Morgan fingerprint density at radius 3 is 2.63 bits per heavy atom. The molecule has 182 valence electrons. The van der Waals surface area contributed by atoms with E-state index in [9.17, 15) is 14.0 Å². The monoisotopic (exact) mass is 512 g/mol. The zero-order chi connectivity index (χ0) is 24.4. The van der Waals surface area contributed by atoms with Gasteiger partial charge in [-0.25, -0.2) is 4.39 Å². The lowest BCUT2D eigenvalue weighted by atomic mass is 10.00. The molecule has 1 fully saturated rings. The first-order valence-electron chi connectivity index (χ1n) is 11.8. The molecule has 8 heteroatoms. The molecule has 1 unspecified atom stereocenters. The average molecular weight is 513 g/mol. The molecule has 2 aromatic carbocycles. The van der Waals surface area contributed by atoms with Crippen LogP contribution in [0.5, 0.6) is 5.75 Å². The predicted molar refractivity (Wildman–Crippen MR) is 134 cm³/mol. The lowest BCUT2D eigenvalue weighted by Gasteiger charge is -2.37. The van der Waals surface area contributed by atoms with E-state index in [0.717, 1.165) is 24.8 Å². The summed E-state index contributed by atoms with van der Waals surface area (Å²) in [6.07, 6.45) is 2.81. The predicted octanol–water partition coefficient (Wildman–Crippen LogP) is 5.60. The van der Waals surface area contributed by atoms with Gasteiger partial charge in [0.05, 0.1) is 11.6 Å². The second kappa shape index (κ2) is 10.4. The molecule has 2 amide bonds. The van der Waals surface area contributed by atoms with Gasteiger partial charge in [0.15, 0.2) is 0 Å². The average Bonchev–Trinajstić information content (AvgIpc) is 3.55. The lowest BCUT2D eigenvalue weighted by Crippen LogP contribution is -2.48. The summed E-state index contributed by atoms with van der Waals surface area (Å²) in [6, 6.07) is 14.9. The van der Waals surface area contributed by atoms with Crippen molar-refractivity contribution in [1.29, 1.82) is 0 Å². The number of carbonyl (C=O) groups is 2. The summed E-state index contributed by atoms with van der Waals surface area (Å²) in [5, 5.41) is 2.66. The minimum absolute atomic E-state index is 0.00216. The zero-order valence-corrected chi connectivity index (χ0v) is 20.7. The summed E-state index contributed by atoms with van der Waals surface area (Å²) in [6.45, 7) is 1.22. The summed E-state index contributed by atoms with van der Waals surface area (Å²) in [5.41, 5.74) is 1.08. The Kier molecular flexibility index (Phi) is 7.07. The minimum Gasteiger partial charge on any atom is -0.491 e. The standard InChI is InChI=1S/C27H26ClFN2O3S/c28-19-7-9-20(10-8-19)34-17-24-22-12-14-35-25(22)11-13-31(24)26(32)16-30(15-18-5-6-18)27(33)21-3-1-2-4-23(21)29/h1-4,7-10,12,14,18,24H,5-6,11,13,15-17H2. The van der Waals surface area contributed by atoms with Crippen LogP contribution >= 0.6 is 22.9 Å². The number of hydrogen-bond donors (Lipinski definition) is 0. The quantitative estimate of drug-likeness (QED) is 0.395. The van der Waals surface area contributed by atoms with Crippen LogP contribution in [0.4, 0.5) is 4.39 Å². The van der Waals surface area contributed by atoms with Crippen LogP contribution in [0.2, 0.25) is 5.02 Å². The largest absolute Gasteiger partial charge is 0.491 e. The van der Waals surface area contributed by atoms with Crippen molar-refractivity contribution < 1.29 is 18.7 Å². The summed E-state index contributed by atoms with van der Waals surface area (Å²) < 4.78 is 20.4. The van der Waals surface area contributed by atoms with E-state index in [1.54, 1.807) is 52.6 Å². The zero-order valence-electron chi connectivity index (χ0n) is 19.2. The van der Waals surface area contributed by atoms with E-state index in [0.29, 0.717) is 36.4 Å². The highest BCUT2D eigenvalue weighted by Crippen LogP contribution is 2.35. The fourth-order valence-electron chi connectivity index (χ4n) is 4.47. The van der Waals surface area contributed by atoms with E-state index >= 15 is 0 Å². The van der Waals surface area contributed by atoms with Crippen molar-refractivity contribution in [3.63, 3.8) is 0 Å². The highest BCUT2D eigenvalue weighted by Gasteiger charge is 2.35. The van der Waals surface area contributed by atoms with E-state index in [1.807, 2.05) is 11.4 Å². The molecule has 0 N–H and O–H groups in total. The first-order valence-corrected chi connectivity index (χ1v) is 13.0. The molecule has 1 atom stereocenters. The number of nitrogens with zero attached hydrogens (tertiary/aromatic N) is 2. The van der Waals surface area contributed by atoms with Crippen LogP contribution in [-0.4, -0.2) is 47.9 Å². The van der Waals surface area contributed by atoms with Gasteiger partial charge in [0.25, 0.3) is 5.91 Å². The van der Waals surface area contributed by atoms with Crippen molar-refractivity contribution in [2.75, 3.05) is 26.2 Å². The Bertz CT molecular complexity index is 1210. The maximum absolute atomic E-state index is 14.4. The molecule has 1 saturated carbocycles.